The Bertz CT molecular complexity index is 1240. The number of carbonyl (C=O) groups is 1. The number of nitrogens with zero attached hydrogens (tertiary/aromatic N) is 1. The van der Waals surface area contributed by atoms with Gasteiger partial charge in [0.2, 0.25) is 5.91 Å². The third-order valence-electron chi connectivity index (χ3n) is 5.97. The second-order valence-corrected chi connectivity index (χ2v) is 8.66. The average Bonchev–Trinajstić information content (AvgIpc) is 3.25. The maximum Gasteiger partial charge on any atom is 0.222 e. The first-order valence-corrected chi connectivity index (χ1v) is 11.7. The lowest BCUT2D eigenvalue weighted by Gasteiger charge is -2.25. The molecule has 0 bridgehead atoms. The molecular formula is C28H29F2N3O2. The highest BCUT2D eigenvalue weighted by atomic mass is 19.1. The third-order valence-corrected chi connectivity index (χ3v) is 5.97. The monoisotopic (exact) mass is 477 g/mol. The highest BCUT2D eigenvalue weighted by molar-refractivity contribution is 5.80. The van der Waals surface area contributed by atoms with Crippen LogP contribution in [0.4, 0.5) is 8.78 Å². The Labute approximate surface area is 203 Å². The molecule has 0 aliphatic rings. The summed E-state index contributed by atoms with van der Waals surface area (Å²) < 4.78 is 29.5. The molecule has 0 saturated carbocycles. The van der Waals surface area contributed by atoms with Crippen molar-refractivity contribution in [3.05, 3.63) is 108 Å². The Hall–Kier alpha value is -3.55. The summed E-state index contributed by atoms with van der Waals surface area (Å²) in [5, 5.41) is 18.0. The zero-order valence-corrected chi connectivity index (χ0v) is 19.3. The van der Waals surface area contributed by atoms with Gasteiger partial charge in [0.15, 0.2) is 0 Å². The van der Waals surface area contributed by atoms with Crippen molar-refractivity contribution in [2.45, 2.75) is 38.1 Å². The number of halogens is 2. The van der Waals surface area contributed by atoms with Crippen molar-refractivity contribution < 1.29 is 18.7 Å². The Kier molecular flexibility index (Phi) is 8.23. The maximum absolute atomic E-state index is 13.7. The molecule has 182 valence electrons. The van der Waals surface area contributed by atoms with Crippen LogP contribution >= 0.6 is 0 Å². The minimum absolute atomic E-state index is 0.0983. The number of aliphatic hydroxyl groups is 1. The summed E-state index contributed by atoms with van der Waals surface area (Å²) in [5.74, 6) is -1.63. The van der Waals surface area contributed by atoms with E-state index in [9.17, 15) is 18.7 Å². The molecule has 3 aromatic carbocycles. The fraction of sp³-hybridized carbons (Fsp3) is 0.250. The van der Waals surface area contributed by atoms with Gasteiger partial charge in [-0.15, -0.1) is 0 Å². The van der Waals surface area contributed by atoms with Crippen molar-refractivity contribution >= 4 is 16.8 Å². The van der Waals surface area contributed by atoms with Crippen LogP contribution in [0.3, 0.4) is 0 Å². The topological polar surface area (TPSA) is 66.3 Å². The van der Waals surface area contributed by atoms with Crippen LogP contribution in [-0.4, -0.2) is 34.3 Å². The lowest BCUT2D eigenvalue weighted by molar-refractivity contribution is -0.122. The molecule has 3 N–H and O–H groups in total. The van der Waals surface area contributed by atoms with Gasteiger partial charge in [-0.1, -0.05) is 48.5 Å². The maximum atomic E-state index is 13.7. The van der Waals surface area contributed by atoms with Gasteiger partial charge in [0.1, 0.15) is 11.6 Å². The molecule has 2 atom stereocenters. The van der Waals surface area contributed by atoms with Gasteiger partial charge in [0.25, 0.3) is 0 Å². The Balaban J connectivity index is 1.39. The molecule has 4 aromatic rings. The summed E-state index contributed by atoms with van der Waals surface area (Å²) in [6, 6.07) is 22.2. The van der Waals surface area contributed by atoms with Crippen molar-refractivity contribution in [2.24, 2.45) is 0 Å². The highest BCUT2D eigenvalue weighted by Gasteiger charge is 2.22. The fourth-order valence-corrected chi connectivity index (χ4v) is 4.21. The lowest BCUT2D eigenvalue weighted by atomic mass is 10.0. The van der Waals surface area contributed by atoms with E-state index in [0.717, 1.165) is 22.5 Å². The number of rotatable bonds is 11. The minimum atomic E-state index is -0.957. The molecule has 0 aliphatic heterocycles. The number of benzene rings is 3. The number of carbonyl (C=O) groups excluding carboxylic acids is 1. The van der Waals surface area contributed by atoms with Gasteiger partial charge >= 0.3 is 0 Å². The molecule has 2 unspecified atom stereocenters. The smallest absolute Gasteiger partial charge is 0.222 e. The highest BCUT2D eigenvalue weighted by Crippen LogP contribution is 2.16. The number of aliphatic hydroxyl groups excluding tert-OH is 1. The van der Waals surface area contributed by atoms with Crippen LogP contribution < -0.4 is 10.6 Å². The van der Waals surface area contributed by atoms with Crippen LogP contribution in [0.25, 0.3) is 10.9 Å². The van der Waals surface area contributed by atoms with E-state index < -0.39 is 23.8 Å². The van der Waals surface area contributed by atoms with Crippen molar-refractivity contribution in [3.8, 4) is 0 Å². The molecule has 7 heteroatoms. The van der Waals surface area contributed by atoms with Crippen LogP contribution in [0.2, 0.25) is 0 Å². The van der Waals surface area contributed by atoms with Gasteiger partial charge in [-0.2, -0.15) is 0 Å². The number of fused-ring (bicyclic) bond motifs is 1. The number of amides is 1. The zero-order valence-electron chi connectivity index (χ0n) is 19.3. The first-order valence-electron chi connectivity index (χ1n) is 11.7. The van der Waals surface area contributed by atoms with Gasteiger partial charge in [-0.25, -0.2) is 8.78 Å². The molecule has 4 rings (SSSR count). The van der Waals surface area contributed by atoms with Crippen LogP contribution in [0, 0.1) is 11.6 Å². The number of para-hydroxylation sites is 1. The second-order valence-electron chi connectivity index (χ2n) is 8.66. The predicted molar refractivity (Wildman–Crippen MR) is 133 cm³/mol. The van der Waals surface area contributed by atoms with E-state index in [1.54, 1.807) is 0 Å². The Morgan fingerprint density at radius 3 is 2.40 bits per heavy atom. The van der Waals surface area contributed by atoms with Gasteiger partial charge in [0.05, 0.1) is 12.1 Å². The normalized spacial score (nSPS) is 13.0. The van der Waals surface area contributed by atoms with Crippen LogP contribution in [0.1, 0.15) is 17.5 Å². The summed E-state index contributed by atoms with van der Waals surface area (Å²) in [7, 11) is 0. The number of nitrogens with one attached hydrogen (secondary N) is 2. The Morgan fingerprint density at radius 2 is 1.63 bits per heavy atom. The third kappa shape index (κ3) is 6.97. The zero-order chi connectivity index (χ0) is 24.6. The molecule has 0 saturated heterocycles. The second kappa shape index (κ2) is 11.7. The van der Waals surface area contributed by atoms with E-state index in [4.69, 9.17) is 0 Å². The van der Waals surface area contributed by atoms with Gasteiger partial charge in [0, 0.05) is 43.8 Å². The quantitative estimate of drug-likeness (QED) is 0.304. The van der Waals surface area contributed by atoms with Crippen LogP contribution in [0.5, 0.6) is 0 Å². The Morgan fingerprint density at radius 1 is 0.914 bits per heavy atom. The number of aromatic nitrogens is 1. The largest absolute Gasteiger partial charge is 0.390 e. The van der Waals surface area contributed by atoms with E-state index >= 15 is 0 Å². The van der Waals surface area contributed by atoms with Crippen molar-refractivity contribution in [1.82, 2.24) is 15.2 Å². The van der Waals surface area contributed by atoms with Crippen molar-refractivity contribution in [1.29, 1.82) is 0 Å². The molecule has 5 nitrogen and oxygen atoms in total. The molecule has 0 aliphatic carbocycles. The standard InChI is InChI=1S/C28H29F2N3O2/c29-23-14-21(15-24(30)17-23)16-25(27(34)19-31-18-20-6-2-1-3-7-20)32-28(35)11-13-33-12-10-22-8-4-5-9-26(22)33/h1-10,12,14-15,17,25,27,31,34H,11,13,16,18-19H2,(H,32,35). The SMILES string of the molecule is O=C(CCn1ccc2ccccc21)NC(Cc1cc(F)cc(F)c1)C(O)CNCc1ccccc1. The van der Waals surface area contributed by atoms with Gasteiger partial charge < -0.3 is 20.3 Å². The van der Waals surface area contributed by atoms with E-state index in [0.29, 0.717) is 18.7 Å². The minimum Gasteiger partial charge on any atom is -0.390 e. The first-order chi connectivity index (χ1) is 17.0. The van der Waals surface area contributed by atoms with E-state index in [-0.39, 0.29) is 25.3 Å². The number of aryl methyl sites for hydroxylation is 1. The molecule has 0 fully saturated rings. The molecule has 1 aromatic heterocycles. The summed E-state index contributed by atoms with van der Waals surface area (Å²) in [6.45, 7) is 1.23. The summed E-state index contributed by atoms with van der Waals surface area (Å²) in [4.78, 5) is 12.8. The summed E-state index contributed by atoms with van der Waals surface area (Å²) >= 11 is 0. The molecular weight excluding hydrogens is 448 g/mol. The molecule has 1 heterocycles. The first kappa shape index (κ1) is 24.6. The van der Waals surface area contributed by atoms with Gasteiger partial charge in [-0.3, -0.25) is 4.79 Å². The fourth-order valence-electron chi connectivity index (χ4n) is 4.21. The van der Waals surface area contributed by atoms with E-state index in [2.05, 4.69) is 10.6 Å². The van der Waals surface area contributed by atoms with Crippen molar-refractivity contribution in [2.75, 3.05) is 6.54 Å². The lowest BCUT2D eigenvalue weighted by Crippen LogP contribution is -2.48. The molecule has 1 amide bonds. The van der Waals surface area contributed by atoms with Crippen LogP contribution in [0.15, 0.2) is 85.1 Å². The number of hydrogen-bond donors (Lipinski definition) is 3. The molecule has 0 spiro atoms. The molecule has 35 heavy (non-hydrogen) atoms. The van der Waals surface area contributed by atoms with Crippen molar-refractivity contribution in [3.63, 3.8) is 0 Å². The predicted octanol–water partition coefficient (Wildman–Crippen LogP) is 4.19. The average molecular weight is 478 g/mol. The van der Waals surface area contributed by atoms with Crippen LogP contribution in [-0.2, 0) is 24.3 Å². The van der Waals surface area contributed by atoms with E-state index in [1.165, 1.54) is 12.1 Å². The van der Waals surface area contributed by atoms with E-state index in [1.807, 2.05) is 71.4 Å². The summed E-state index contributed by atoms with van der Waals surface area (Å²) in [5.41, 5.74) is 2.47. The number of hydrogen-bond acceptors (Lipinski definition) is 3. The summed E-state index contributed by atoms with van der Waals surface area (Å²) in [6.07, 6.45) is 1.28. The van der Waals surface area contributed by atoms with Gasteiger partial charge in [-0.05, 0) is 47.2 Å². The molecule has 0 radical (unpaired) electrons.